The average molecular weight is 372 g/mol. The van der Waals surface area contributed by atoms with Crippen LogP contribution in [0.5, 0.6) is 0 Å². The second kappa shape index (κ2) is 5.49. The number of thiophene rings is 1. The molecule has 0 aliphatic carbocycles. The fraction of sp³-hybridized carbons (Fsp3) is 0.444. The maximum Gasteiger partial charge on any atom is 0.322 e. The van der Waals surface area contributed by atoms with Crippen molar-refractivity contribution in [3.8, 4) is 0 Å². The van der Waals surface area contributed by atoms with Gasteiger partial charge in [-0.2, -0.15) is 16.1 Å². The van der Waals surface area contributed by atoms with E-state index in [2.05, 4.69) is 15.9 Å². The van der Waals surface area contributed by atoms with Gasteiger partial charge in [-0.05, 0) is 27.4 Å². The van der Waals surface area contributed by atoms with Crippen LogP contribution in [0.15, 0.2) is 20.1 Å². The molecular formula is C9H10BrNO4S3. The number of carboxylic acids is 1. The molecule has 0 amide bonds. The summed E-state index contributed by atoms with van der Waals surface area (Å²) >= 11 is 5.72. The summed E-state index contributed by atoms with van der Waals surface area (Å²) in [6.45, 7) is 0.230. The van der Waals surface area contributed by atoms with Crippen LogP contribution < -0.4 is 0 Å². The van der Waals surface area contributed by atoms with Crippen LogP contribution in [-0.4, -0.2) is 47.9 Å². The van der Waals surface area contributed by atoms with Crippen LogP contribution in [0.4, 0.5) is 0 Å². The molecule has 1 aliphatic rings. The van der Waals surface area contributed by atoms with Crippen molar-refractivity contribution in [2.45, 2.75) is 10.3 Å². The fourth-order valence-corrected chi connectivity index (χ4v) is 6.90. The standard InChI is InChI=1S/C9H10BrNO4S3/c10-6-1-3-17-9(6)18(14,15)11-2-4-16-5-7(11)8(12)13/h1,3,7H,2,4-5H2,(H,12,13). The smallest absolute Gasteiger partial charge is 0.322 e. The quantitative estimate of drug-likeness (QED) is 0.874. The molecular weight excluding hydrogens is 362 g/mol. The number of thioether (sulfide) groups is 1. The Kier molecular flexibility index (Phi) is 4.37. The van der Waals surface area contributed by atoms with Crippen molar-refractivity contribution in [2.24, 2.45) is 0 Å². The molecule has 0 aromatic carbocycles. The van der Waals surface area contributed by atoms with Crippen molar-refractivity contribution >= 4 is 55.0 Å². The molecule has 1 N–H and O–H groups in total. The molecule has 0 spiro atoms. The van der Waals surface area contributed by atoms with Gasteiger partial charge < -0.3 is 5.11 Å². The number of halogens is 1. The Labute approximate surface area is 121 Å². The molecule has 0 saturated carbocycles. The number of hydrogen-bond donors (Lipinski definition) is 1. The molecule has 1 atom stereocenters. The monoisotopic (exact) mass is 371 g/mol. The lowest BCUT2D eigenvalue weighted by atomic mass is 10.3. The van der Waals surface area contributed by atoms with Crippen molar-refractivity contribution < 1.29 is 18.3 Å². The summed E-state index contributed by atoms with van der Waals surface area (Å²) in [5.41, 5.74) is 0. The van der Waals surface area contributed by atoms with Crippen LogP contribution in [0.25, 0.3) is 0 Å². The highest BCUT2D eigenvalue weighted by Gasteiger charge is 2.39. The van der Waals surface area contributed by atoms with E-state index in [0.29, 0.717) is 10.2 Å². The summed E-state index contributed by atoms with van der Waals surface area (Å²) in [6, 6.07) is 0.661. The van der Waals surface area contributed by atoms with Crippen molar-refractivity contribution in [3.63, 3.8) is 0 Å². The minimum absolute atomic E-state index is 0.167. The number of carboxylic acid groups (broad SMARTS) is 1. The average Bonchev–Trinajstić information content (AvgIpc) is 2.76. The van der Waals surface area contributed by atoms with E-state index in [-0.39, 0.29) is 16.5 Å². The normalized spacial score (nSPS) is 21.9. The van der Waals surface area contributed by atoms with Crippen LogP contribution >= 0.6 is 39.0 Å². The van der Waals surface area contributed by atoms with Crippen molar-refractivity contribution in [2.75, 3.05) is 18.1 Å². The van der Waals surface area contributed by atoms with Crippen molar-refractivity contribution in [1.82, 2.24) is 4.31 Å². The molecule has 9 heteroatoms. The third-order valence-electron chi connectivity index (χ3n) is 2.49. The molecule has 18 heavy (non-hydrogen) atoms. The first-order chi connectivity index (χ1) is 8.44. The minimum atomic E-state index is -3.73. The predicted octanol–water partition coefficient (Wildman–Crippen LogP) is 1.70. The van der Waals surface area contributed by atoms with E-state index in [4.69, 9.17) is 5.11 Å². The molecule has 1 aromatic rings. The Balaban J connectivity index is 2.39. The topological polar surface area (TPSA) is 74.7 Å². The molecule has 0 bridgehead atoms. The van der Waals surface area contributed by atoms with Gasteiger partial charge in [0.15, 0.2) is 0 Å². The lowest BCUT2D eigenvalue weighted by molar-refractivity contribution is -0.140. The van der Waals surface area contributed by atoms with Crippen LogP contribution in [-0.2, 0) is 14.8 Å². The summed E-state index contributed by atoms with van der Waals surface area (Å²) in [5.74, 6) is -0.192. The summed E-state index contributed by atoms with van der Waals surface area (Å²) in [7, 11) is -3.73. The van der Waals surface area contributed by atoms with Crippen LogP contribution in [0.2, 0.25) is 0 Å². The molecule has 1 fully saturated rings. The van der Waals surface area contributed by atoms with E-state index in [9.17, 15) is 13.2 Å². The highest BCUT2D eigenvalue weighted by Crippen LogP contribution is 2.33. The summed E-state index contributed by atoms with van der Waals surface area (Å²) < 4.78 is 26.6. The molecule has 100 valence electrons. The summed E-state index contributed by atoms with van der Waals surface area (Å²) in [4.78, 5) is 11.1. The third kappa shape index (κ3) is 2.60. The Morgan fingerprint density at radius 3 is 2.83 bits per heavy atom. The number of rotatable bonds is 3. The lowest BCUT2D eigenvalue weighted by Gasteiger charge is -2.31. The molecule has 2 rings (SSSR count). The van der Waals surface area contributed by atoms with Gasteiger partial charge in [-0.1, -0.05) is 0 Å². The van der Waals surface area contributed by atoms with Gasteiger partial charge in [-0.15, -0.1) is 11.3 Å². The van der Waals surface area contributed by atoms with Crippen molar-refractivity contribution in [1.29, 1.82) is 0 Å². The molecule has 1 aliphatic heterocycles. The Morgan fingerprint density at radius 1 is 1.56 bits per heavy atom. The zero-order valence-electron chi connectivity index (χ0n) is 9.08. The molecule has 2 heterocycles. The SMILES string of the molecule is O=C(O)C1CSCCN1S(=O)(=O)c1sccc1Br. The van der Waals surface area contributed by atoms with Crippen LogP contribution in [0.1, 0.15) is 0 Å². The Bertz CT molecular complexity index is 556. The third-order valence-corrected chi connectivity index (χ3v) is 8.07. The van der Waals surface area contributed by atoms with Crippen molar-refractivity contribution in [3.05, 3.63) is 15.9 Å². The van der Waals surface area contributed by atoms with E-state index in [1.165, 1.54) is 11.8 Å². The van der Waals surface area contributed by atoms with Gasteiger partial charge in [0.2, 0.25) is 0 Å². The van der Waals surface area contributed by atoms with E-state index in [0.717, 1.165) is 15.6 Å². The van der Waals surface area contributed by atoms with Gasteiger partial charge in [-0.3, -0.25) is 4.79 Å². The number of aliphatic carboxylic acids is 1. The van der Waals surface area contributed by atoms with Gasteiger partial charge in [0.1, 0.15) is 10.3 Å². The second-order valence-electron chi connectivity index (χ2n) is 3.60. The predicted molar refractivity (Wildman–Crippen MR) is 74.7 cm³/mol. The van der Waals surface area contributed by atoms with Gasteiger partial charge in [0.25, 0.3) is 10.0 Å². The lowest BCUT2D eigenvalue weighted by Crippen LogP contribution is -2.50. The van der Waals surface area contributed by atoms with Crippen LogP contribution in [0, 0.1) is 0 Å². The highest BCUT2D eigenvalue weighted by molar-refractivity contribution is 9.10. The first kappa shape index (κ1) is 14.3. The van der Waals surface area contributed by atoms with E-state index < -0.39 is 22.0 Å². The zero-order chi connectivity index (χ0) is 13.3. The Hall–Kier alpha value is -0.0900. The number of nitrogens with zero attached hydrogens (tertiary/aromatic N) is 1. The molecule has 5 nitrogen and oxygen atoms in total. The van der Waals surface area contributed by atoms with E-state index in [1.54, 1.807) is 11.4 Å². The first-order valence-corrected chi connectivity index (χ1v) is 9.26. The molecule has 1 aromatic heterocycles. The summed E-state index contributed by atoms with van der Waals surface area (Å²) in [5, 5.41) is 10.8. The number of hydrogen-bond acceptors (Lipinski definition) is 5. The maximum absolute atomic E-state index is 12.4. The fourth-order valence-electron chi connectivity index (χ4n) is 1.64. The van der Waals surface area contributed by atoms with E-state index >= 15 is 0 Å². The second-order valence-corrected chi connectivity index (χ2v) is 8.61. The molecule has 0 radical (unpaired) electrons. The maximum atomic E-state index is 12.4. The minimum Gasteiger partial charge on any atom is -0.480 e. The van der Waals surface area contributed by atoms with E-state index in [1.807, 2.05) is 0 Å². The zero-order valence-corrected chi connectivity index (χ0v) is 13.1. The Morgan fingerprint density at radius 2 is 2.28 bits per heavy atom. The summed E-state index contributed by atoms with van der Waals surface area (Å²) in [6.07, 6.45) is 0. The van der Waals surface area contributed by atoms with Gasteiger partial charge in [-0.25, -0.2) is 8.42 Å². The number of carbonyl (C=O) groups is 1. The largest absolute Gasteiger partial charge is 0.480 e. The molecule has 1 unspecified atom stereocenters. The van der Waals surface area contributed by atoms with Gasteiger partial charge in [0.05, 0.1) is 0 Å². The van der Waals surface area contributed by atoms with Crippen LogP contribution in [0.3, 0.4) is 0 Å². The van der Waals surface area contributed by atoms with Gasteiger partial charge >= 0.3 is 5.97 Å². The van der Waals surface area contributed by atoms with Gasteiger partial charge in [0, 0.05) is 22.5 Å². The first-order valence-electron chi connectivity index (χ1n) is 5.00. The number of sulfonamides is 1. The molecule has 1 saturated heterocycles. The highest BCUT2D eigenvalue weighted by atomic mass is 79.9.